The van der Waals surface area contributed by atoms with Gasteiger partial charge in [0.1, 0.15) is 5.52 Å². The van der Waals surface area contributed by atoms with Crippen LogP contribution in [-0.4, -0.2) is 20.2 Å². The number of hydrogen-bond acceptors (Lipinski definition) is 5. The Kier molecular flexibility index (Phi) is 4.88. The molecule has 3 aromatic carbocycles. The van der Waals surface area contributed by atoms with E-state index in [1.54, 1.807) is 6.20 Å². The molecule has 0 aliphatic rings. The van der Waals surface area contributed by atoms with Crippen molar-refractivity contribution in [3.63, 3.8) is 0 Å². The van der Waals surface area contributed by atoms with Gasteiger partial charge in [-0.25, -0.2) is 9.73 Å². The smallest absolute Gasteiger partial charge is 0.235 e. The van der Waals surface area contributed by atoms with Crippen LogP contribution in [0, 0.1) is 0 Å². The van der Waals surface area contributed by atoms with Gasteiger partial charge in [0.15, 0.2) is 5.65 Å². The predicted octanol–water partition coefficient (Wildman–Crippen LogP) is 4.23. The summed E-state index contributed by atoms with van der Waals surface area (Å²) in [5, 5.41) is 12.0. The van der Waals surface area contributed by atoms with Gasteiger partial charge in [0, 0.05) is 22.1 Å². The monoisotopic (exact) mass is 407 g/mol. The van der Waals surface area contributed by atoms with Crippen LogP contribution < -0.4 is 15.9 Å². The summed E-state index contributed by atoms with van der Waals surface area (Å²) in [5.41, 5.74) is 1.19. The minimum absolute atomic E-state index is 0.339. The van der Waals surface area contributed by atoms with Crippen LogP contribution in [0.1, 0.15) is 0 Å². The fourth-order valence-corrected chi connectivity index (χ4v) is 6.90. The van der Waals surface area contributed by atoms with Crippen molar-refractivity contribution < 1.29 is 0 Å². The average Bonchev–Trinajstić information content (AvgIpc) is 2.84. The maximum Gasteiger partial charge on any atom is 0.270 e. The summed E-state index contributed by atoms with van der Waals surface area (Å²) < 4.78 is 5.24. The second kappa shape index (κ2) is 7.97. The second-order valence-corrected chi connectivity index (χ2v) is 9.72. The van der Waals surface area contributed by atoms with Crippen molar-refractivity contribution in [1.82, 2.24) is 20.2 Å². The van der Waals surface area contributed by atoms with E-state index in [0.717, 1.165) is 15.9 Å². The minimum atomic E-state index is -2.42. The highest BCUT2D eigenvalue weighted by molar-refractivity contribution is 7.87. The van der Waals surface area contributed by atoms with E-state index >= 15 is 0 Å². The number of rotatable bonds is 4. The lowest BCUT2D eigenvalue weighted by Crippen LogP contribution is -2.25. The van der Waals surface area contributed by atoms with Crippen LogP contribution in [0.5, 0.6) is 0 Å². The molecule has 0 atom stereocenters. The lowest BCUT2D eigenvalue weighted by Gasteiger charge is -2.26. The van der Waals surface area contributed by atoms with E-state index in [9.17, 15) is 0 Å². The van der Waals surface area contributed by atoms with Crippen LogP contribution in [-0.2, 0) is 0 Å². The molecule has 0 unspecified atom stereocenters. The molecule has 2 heterocycles. The normalized spacial score (nSPS) is 11.3. The van der Waals surface area contributed by atoms with Gasteiger partial charge in [-0.2, -0.15) is 4.98 Å². The third-order valence-corrected chi connectivity index (χ3v) is 8.46. The SMILES string of the molecule is c1ccc(P(=Nc2nnc3cccnc3n2)(c2ccccc2)c2ccccc2)cc1. The molecule has 0 fully saturated rings. The summed E-state index contributed by atoms with van der Waals surface area (Å²) in [6.07, 6.45) is 1.70. The Balaban J connectivity index is 1.88. The zero-order valence-corrected chi connectivity index (χ0v) is 17.0. The van der Waals surface area contributed by atoms with E-state index in [2.05, 4.69) is 56.6 Å². The van der Waals surface area contributed by atoms with Crippen LogP contribution in [0.25, 0.3) is 11.2 Å². The van der Waals surface area contributed by atoms with Gasteiger partial charge in [-0.3, -0.25) is 0 Å². The molecule has 0 saturated heterocycles. The highest BCUT2D eigenvalue weighted by Gasteiger charge is 2.28. The Bertz CT molecular complexity index is 1240. The molecule has 2 aromatic heterocycles. The van der Waals surface area contributed by atoms with E-state index in [1.807, 2.05) is 66.7 Å². The van der Waals surface area contributed by atoms with Crippen molar-refractivity contribution in [3.8, 4) is 0 Å². The van der Waals surface area contributed by atoms with Crippen molar-refractivity contribution in [2.75, 3.05) is 0 Å². The largest absolute Gasteiger partial charge is 0.270 e. The molecular weight excluding hydrogens is 389 g/mol. The van der Waals surface area contributed by atoms with Crippen molar-refractivity contribution >= 4 is 40.1 Å². The summed E-state index contributed by atoms with van der Waals surface area (Å²) in [6.45, 7) is 0. The lowest BCUT2D eigenvalue weighted by atomic mass is 10.4. The first-order valence-electron chi connectivity index (χ1n) is 9.61. The minimum Gasteiger partial charge on any atom is -0.235 e. The fourth-order valence-electron chi connectivity index (χ4n) is 3.50. The molecule has 6 heteroatoms. The molecule has 0 amide bonds. The molecule has 144 valence electrons. The number of aromatic nitrogens is 4. The molecule has 0 N–H and O–H groups in total. The number of hydrogen-bond donors (Lipinski definition) is 0. The van der Waals surface area contributed by atoms with Crippen molar-refractivity contribution in [1.29, 1.82) is 0 Å². The Hall–Kier alpha value is -3.69. The van der Waals surface area contributed by atoms with E-state index in [0.29, 0.717) is 17.1 Å². The number of fused-ring (bicyclic) bond motifs is 1. The first-order chi connectivity index (χ1) is 14.9. The zero-order valence-electron chi connectivity index (χ0n) is 16.1. The molecule has 30 heavy (non-hydrogen) atoms. The summed E-state index contributed by atoms with van der Waals surface area (Å²) in [7, 11) is -2.42. The Morgan fingerprint density at radius 3 is 1.63 bits per heavy atom. The topological polar surface area (TPSA) is 63.9 Å². The summed E-state index contributed by atoms with van der Waals surface area (Å²) >= 11 is 0. The van der Waals surface area contributed by atoms with E-state index < -0.39 is 7.05 Å². The van der Waals surface area contributed by atoms with Crippen LogP contribution in [0.3, 0.4) is 0 Å². The van der Waals surface area contributed by atoms with Crippen LogP contribution in [0.2, 0.25) is 0 Å². The Labute approximate surface area is 174 Å². The van der Waals surface area contributed by atoms with Crippen LogP contribution >= 0.6 is 7.05 Å². The standard InChI is InChI=1S/C24H18N5P/c1-4-11-19(12-5-1)30(20-13-6-2-7-14-20,21-15-8-3-9-16-21)29-24-26-23-22(27-28-24)17-10-18-25-23/h1-18H. The summed E-state index contributed by atoms with van der Waals surface area (Å²) in [4.78, 5) is 8.94. The van der Waals surface area contributed by atoms with Crippen molar-refractivity contribution in [3.05, 3.63) is 109 Å². The second-order valence-electron chi connectivity index (χ2n) is 6.70. The summed E-state index contributed by atoms with van der Waals surface area (Å²) in [6, 6.07) is 34.8. The molecule has 0 saturated carbocycles. The zero-order chi connectivity index (χ0) is 20.2. The Morgan fingerprint density at radius 1 is 0.567 bits per heavy atom. The molecular formula is C24H18N5P. The molecule has 5 aromatic rings. The molecule has 0 aliphatic carbocycles. The third kappa shape index (κ3) is 3.30. The van der Waals surface area contributed by atoms with Gasteiger partial charge < -0.3 is 0 Å². The van der Waals surface area contributed by atoms with Gasteiger partial charge in [-0.15, -0.1) is 10.2 Å². The van der Waals surface area contributed by atoms with Crippen LogP contribution in [0.4, 0.5) is 5.95 Å². The van der Waals surface area contributed by atoms with Crippen LogP contribution in [0.15, 0.2) is 114 Å². The summed E-state index contributed by atoms with van der Waals surface area (Å²) in [5.74, 6) is 0.339. The highest BCUT2D eigenvalue weighted by atomic mass is 31.2. The van der Waals surface area contributed by atoms with Gasteiger partial charge in [-0.05, 0) is 12.1 Å². The van der Waals surface area contributed by atoms with Gasteiger partial charge in [0.05, 0.1) is 7.05 Å². The first kappa shape index (κ1) is 18.3. The maximum absolute atomic E-state index is 5.24. The van der Waals surface area contributed by atoms with E-state index in [-0.39, 0.29) is 0 Å². The number of benzene rings is 3. The number of pyridine rings is 1. The third-order valence-electron chi connectivity index (χ3n) is 4.85. The molecule has 5 nitrogen and oxygen atoms in total. The van der Waals surface area contributed by atoms with Gasteiger partial charge in [0.2, 0.25) is 0 Å². The Morgan fingerprint density at radius 2 is 1.10 bits per heavy atom. The first-order valence-corrected chi connectivity index (χ1v) is 11.3. The maximum atomic E-state index is 5.24. The van der Waals surface area contributed by atoms with E-state index in [1.165, 1.54) is 0 Å². The number of nitrogens with zero attached hydrogens (tertiary/aromatic N) is 5. The molecule has 0 aliphatic heterocycles. The molecule has 0 bridgehead atoms. The molecule has 0 spiro atoms. The molecule has 0 radical (unpaired) electrons. The van der Waals surface area contributed by atoms with Gasteiger partial charge in [0.25, 0.3) is 5.95 Å². The predicted molar refractivity (Wildman–Crippen MR) is 122 cm³/mol. The van der Waals surface area contributed by atoms with Crippen molar-refractivity contribution in [2.24, 2.45) is 4.74 Å². The van der Waals surface area contributed by atoms with E-state index in [4.69, 9.17) is 4.74 Å². The highest BCUT2D eigenvalue weighted by Crippen LogP contribution is 2.48. The quantitative estimate of drug-likeness (QED) is 0.418. The van der Waals surface area contributed by atoms with Gasteiger partial charge >= 0.3 is 0 Å². The fraction of sp³-hybridized carbons (Fsp3) is 0. The lowest BCUT2D eigenvalue weighted by molar-refractivity contribution is 1.00. The average molecular weight is 407 g/mol. The van der Waals surface area contributed by atoms with Crippen molar-refractivity contribution in [2.45, 2.75) is 0 Å². The van der Waals surface area contributed by atoms with Gasteiger partial charge in [-0.1, -0.05) is 91.0 Å². The molecule has 5 rings (SSSR count).